The molecule has 2 nitrogen and oxygen atoms in total. The lowest BCUT2D eigenvalue weighted by Gasteiger charge is -2.42. The first kappa shape index (κ1) is 65.6. The Bertz CT molecular complexity index is 3260. The predicted molar refractivity (Wildman–Crippen MR) is 367 cm³/mol. The van der Waals surface area contributed by atoms with Crippen molar-refractivity contribution in [2.45, 2.75) is 168 Å². The van der Waals surface area contributed by atoms with Crippen LogP contribution < -0.4 is 21.2 Å². The van der Waals surface area contributed by atoms with E-state index < -0.39 is 32.3 Å². The largest absolute Gasteiger partial charge is 0.251 e. The van der Waals surface area contributed by atoms with Crippen molar-refractivity contribution in [3.05, 3.63) is 261 Å². The van der Waals surface area contributed by atoms with Gasteiger partial charge in [-0.15, -0.1) is 0 Å². The molecule has 0 saturated carbocycles. The summed E-state index contributed by atoms with van der Waals surface area (Å²) in [6, 6.07) is 60.6. The number of hydrogen-bond donors (Lipinski definition) is 0. The van der Waals surface area contributed by atoms with Crippen LogP contribution in [0.25, 0.3) is 0 Å². The quantitative estimate of drug-likeness (QED) is 0.0624. The average molecular weight is 1230 g/mol. The molecule has 2 aliphatic rings. The maximum Gasteiger partial charge on any atom is 0.132 e. The molecule has 0 aliphatic carbocycles. The number of rotatable bonds is 18. The first-order chi connectivity index (χ1) is 41.2. The van der Waals surface area contributed by atoms with E-state index in [0.29, 0.717) is 43.9 Å². The number of nitrogens with zero attached hydrogens (tertiary/aromatic N) is 2. The molecule has 2 saturated heterocycles. The fourth-order valence-electron chi connectivity index (χ4n) is 12.8. The van der Waals surface area contributed by atoms with Gasteiger partial charge in [0.15, 0.2) is 0 Å². The van der Waals surface area contributed by atoms with Crippen molar-refractivity contribution in [1.82, 2.24) is 8.88 Å². The molecule has 0 unspecified atom stereocenters. The summed E-state index contributed by atoms with van der Waals surface area (Å²) in [6.45, 7) is 28.3. The summed E-state index contributed by atoms with van der Waals surface area (Å²) in [5.74, 6) is -0.994. The lowest BCUT2D eigenvalue weighted by atomic mass is 9.86. The van der Waals surface area contributed by atoms with Gasteiger partial charge >= 0.3 is 0 Å². The molecule has 0 radical (unpaired) electrons. The second-order valence-corrected chi connectivity index (χ2v) is 35.6. The van der Waals surface area contributed by atoms with Crippen molar-refractivity contribution in [1.29, 1.82) is 0 Å². The zero-order valence-corrected chi connectivity index (χ0v) is 56.5. The Morgan fingerprint density at radius 2 is 0.628 bits per heavy atom. The molecule has 8 aromatic rings. The summed E-state index contributed by atoms with van der Waals surface area (Å²) in [5, 5.41) is 2.48. The zero-order valence-electron chi connectivity index (χ0n) is 52.9. The fourth-order valence-corrected chi connectivity index (χ4v) is 27.8. The van der Waals surface area contributed by atoms with Crippen LogP contribution >= 0.6 is 32.3 Å². The van der Waals surface area contributed by atoms with Crippen molar-refractivity contribution < 1.29 is 17.6 Å². The van der Waals surface area contributed by atoms with E-state index in [1.165, 1.54) is 79.9 Å². The van der Waals surface area contributed by atoms with E-state index in [0.717, 1.165) is 64.5 Å². The molecule has 452 valence electrons. The molecule has 0 N–H and O–H groups in total. The Labute approximate surface area is 518 Å². The van der Waals surface area contributed by atoms with Gasteiger partial charge in [-0.1, -0.05) is 224 Å². The van der Waals surface area contributed by atoms with Crippen molar-refractivity contribution in [2.75, 3.05) is 13.1 Å². The molecule has 0 aromatic heterocycles. The summed E-state index contributed by atoms with van der Waals surface area (Å²) in [6.07, 6.45) is 8.29. The van der Waals surface area contributed by atoms with Crippen LogP contribution in [0, 0.1) is 51.0 Å². The number of unbranched alkanes of at least 4 members (excludes halogenated alkanes) is 2. The molecular formula is C76H90F4N2P4. The van der Waals surface area contributed by atoms with Crippen molar-refractivity contribution in [2.24, 2.45) is 0 Å². The van der Waals surface area contributed by atoms with Crippen LogP contribution in [0.15, 0.2) is 182 Å². The molecule has 0 bridgehead atoms. The molecule has 10 heteroatoms. The van der Waals surface area contributed by atoms with Gasteiger partial charge in [-0.05, 0) is 175 Å². The number of hydrogen-bond acceptors (Lipinski definition) is 2. The van der Waals surface area contributed by atoms with E-state index >= 15 is 17.6 Å². The molecule has 2 fully saturated rings. The van der Waals surface area contributed by atoms with Crippen LogP contribution in [0.1, 0.15) is 185 Å². The van der Waals surface area contributed by atoms with Crippen LogP contribution in [-0.2, 0) is 10.8 Å². The molecule has 4 atom stereocenters. The Morgan fingerprint density at radius 1 is 0.372 bits per heavy atom. The monoisotopic (exact) mass is 1230 g/mol. The van der Waals surface area contributed by atoms with Gasteiger partial charge in [0.05, 0.1) is 0 Å². The molecule has 10 rings (SSSR count). The predicted octanol–water partition coefficient (Wildman–Crippen LogP) is 22.0. The molecule has 0 spiro atoms. The minimum Gasteiger partial charge on any atom is -0.251 e. The van der Waals surface area contributed by atoms with Gasteiger partial charge in [-0.25, -0.2) is 17.6 Å². The Balaban J connectivity index is 0.000000206. The first-order valence-electron chi connectivity index (χ1n) is 31.2. The van der Waals surface area contributed by atoms with Gasteiger partial charge in [0.1, 0.15) is 23.3 Å². The average Bonchev–Trinajstić information content (AvgIpc) is 1.64. The molecule has 86 heavy (non-hydrogen) atoms. The van der Waals surface area contributed by atoms with E-state index in [-0.39, 0.29) is 34.1 Å². The lowest BCUT2D eigenvalue weighted by Crippen LogP contribution is -2.30. The van der Waals surface area contributed by atoms with Crippen LogP contribution in [0.5, 0.6) is 0 Å². The molecule has 2 heterocycles. The summed E-state index contributed by atoms with van der Waals surface area (Å²) in [4.78, 5) is 0. The highest BCUT2D eigenvalue weighted by Gasteiger charge is 2.47. The van der Waals surface area contributed by atoms with E-state index in [2.05, 4.69) is 177 Å². The van der Waals surface area contributed by atoms with Crippen LogP contribution in [0.4, 0.5) is 17.6 Å². The summed E-state index contributed by atoms with van der Waals surface area (Å²) >= 11 is 0. The maximum absolute atomic E-state index is 15.9. The van der Waals surface area contributed by atoms with Crippen molar-refractivity contribution in [3.63, 3.8) is 0 Å². The maximum atomic E-state index is 15.9. The van der Waals surface area contributed by atoms with Crippen LogP contribution in [-0.4, -0.2) is 22.0 Å². The van der Waals surface area contributed by atoms with Crippen LogP contribution in [0.3, 0.4) is 0 Å². The fraction of sp³-hybridized carbons (Fsp3) is 0.368. The smallest absolute Gasteiger partial charge is 0.132 e. The normalized spacial score (nSPS) is 17.7. The summed E-state index contributed by atoms with van der Waals surface area (Å²) in [5.41, 5.74) is 14.6. The van der Waals surface area contributed by atoms with E-state index in [9.17, 15) is 0 Å². The van der Waals surface area contributed by atoms with E-state index in [4.69, 9.17) is 0 Å². The molecule has 8 aromatic carbocycles. The highest BCUT2D eigenvalue weighted by Crippen LogP contribution is 2.78. The Hall–Kier alpha value is -4.88. The first-order valence-corrected chi connectivity index (χ1v) is 36.7. The topological polar surface area (TPSA) is 6.48 Å². The van der Waals surface area contributed by atoms with Gasteiger partial charge in [0, 0.05) is 73.1 Å². The number of benzene rings is 8. The minimum absolute atomic E-state index is 0.0768. The summed E-state index contributed by atoms with van der Waals surface area (Å²) in [7, 11) is -4.57. The van der Waals surface area contributed by atoms with E-state index in [1.54, 1.807) is 24.3 Å². The SMILES string of the molecule is CCCCN(P(c1ccccc1F)c1ccccc1F)P1[C@H](c2cc(C)cc(C)c2)CC[C@H]1c1cc(C)cc(C)c1.CCCCN(P(c1ccccc1F)c1ccccc1F)P1[C@H](c2ccc(C(C)(C)C)cc2)CC[C@H]1c1ccc(C(C)(C)C)cc1. The lowest BCUT2D eigenvalue weighted by molar-refractivity contribution is 0.589. The number of halogens is 4. The second-order valence-electron chi connectivity index (χ2n) is 25.9. The molecule has 2 aliphatic heterocycles. The van der Waals surface area contributed by atoms with Crippen molar-refractivity contribution in [3.8, 4) is 0 Å². The van der Waals surface area contributed by atoms with Gasteiger partial charge < -0.3 is 0 Å². The second kappa shape index (κ2) is 29.2. The zero-order chi connectivity index (χ0) is 61.5. The molecular weight excluding hydrogens is 1140 g/mol. The van der Waals surface area contributed by atoms with Gasteiger partial charge in [0.2, 0.25) is 0 Å². The third kappa shape index (κ3) is 15.4. The van der Waals surface area contributed by atoms with Gasteiger partial charge in [0.25, 0.3) is 0 Å². The highest BCUT2D eigenvalue weighted by molar-refractivity contribution is 7.80. The standard InChI is InChI=1S/C40H49F2NP2.C36H41F2NP2/c1-8-9-28-43(45(37-16-12-10-14-33(37)41)38-17-13-11-15-34(38)42)44-35(29-18-22-31(23-19-29)39(2,3)4)26-27-36(44)30-20-24-32(25-21-30)40(5,6)7;1-6-7-18-39(41(35-14-10-8-12-31(35)37)36-15-11-9-13-32(36)38)40-33(29-21-25(2)19-26(3)22-29)16-17-34(40)30-23-27(4)20-28(5)24-30/h10-25,35-36H,8-9,26-28H2,1-7H3;8-15,19-24,33-34H,6-7,16-18H2,1-5H3/t35-,36-;33-,34-/m00/s1. The Morgan fingerprint density at radius 3 is 0.872 bits per heavy atom. The highest BCUT2D eigenvalue weighted by atomic mass is 31.2. The van der Waals surface area contributed by atoms with Crippen LogP contribution in [0.2, 0.25) is 0 Å². The summed E-state index contributed by atoms with van der Waals surface area (Å²) < 4.78 is 68.4. The van der Waals surface area contributed by atoms with Crippen molar-refractivity contribution >= 4 is 53.5 Å². The Kier molecular flexibility index (Phi) is 22.2. The van der Waals surface area contributed by atoms with E-state index in [1.807, 2.05) is 48.5 Å². The third-order valence-corrected chi connectivity index (χ3v) is 30.2. The van der Waals surface area contributed by atoms with Gasteiger partial charge in [-0.2, -0.15) is 0 Å². The minimum atomic E-state index is -1.45. The molecule has 0 amide bonds. The van der Waals surface area contributed by atoms with Gasteiger partial charge in [-0.3, -0.25) is 8.88 Å². The number of aryl methyl sites for hydroxylation is 4. The third-order valence-electron chi connectivity index (χ3n) is 17.0.